The molecule has 0 amide bonds. The first kappa shape index (κ1) is 22.1. The average molecular weight is 459 g/mol. The van der Waals surface area contributed by atoms with Crippen molar-refractivity contribution < 1.29 is 0 Å². The largest absolute Gasteiger partial charge is 0.341 e. The fourth-order valence-corrected chi connectivity index (χ4v) is 6.41. The Morgan fingerprint density at radius 1 is 0.686 bits per heavy atom. The van der Waals surface area contributed by atoms with Crippen LogP contribution in [0.15, 0.2) is 84.9 Å². The fraction of sp³-hybridized carbons (Fsp3) is 0.273. The summed E-state index contributed by atoms with van der Waals surface area (Å²) in [6, 6.07) is 31.7. The number of para-hydroxylation sites is 1. The van der Waals surface area contributed by atoms with E-state index < -0.39 is 0 Å². The van der Waals surface area contributed by atoms with Gasteiger partial charge < -0.3 is 4.57 Å². The molecule has 0 bridgehead atoms. The molecule has 2 heteroatoms. The average Bonchev–Trinajstić information content (AvgIpc) is 3.41. The summed E-state index contributed by atoms with van der Waals surface area (Å²) in [5.41, 5.74) is 11.5. The van der Waals surface area contributed by atoms with Gasteiger partial charge in [0.15, 0.2) is 0 Å². The first-order valence-electron chi connectivity index (χ1n) is 13.2. The van der Waals surface area contributed by atoms with Gasteiger partial charge in [-0.25, -0.2) is 0 Å². The molecule has 5 aromatic rings. The highest BCUT2D eigenvalue weighted by molar-refractivity contribution is 6.09. The van der Waals surface area contributed by atoms with Crippen LogP contribution in [0.1, 0.15) is 55.4 Å². The van der Waals surface area contributed by atoms with E-state index in [1.165, 1.54) is 55.2 Å². The summed E-state index contributed by atoms with van der Waals surface area (Å²) < 4.78 is 2.45. The quantitative estimate of drug-likeness (QED) is 0.238. The Morgan fingerprint density at radius 2 is 1.37 bits per heavy atom. The van der Waals surface area contributed by atoms with Crippen LogP contribution < -0.4 is 0 Å². The van der Waals surface area contributed by atoms with Gasteiger partial charge in [-0.3, -0.25) is 4.90 Å². The molecular weight excluding hydrogens is 424 g/mol. The molecule has 0 fully saturated rings. The van der Waals surface area contributed by atoms with E-state index in [1.807, 2.05) is 0 Å². The number of hydrogen-bond donors (Lipinski definition) is 0. The van der Waals surface area contributed by atoms with E-state index in [9.17, 15) is 0 Å². The van der Waals surface area contributed by atoms with Gasteiger partial charge in [0, 0.05) is 47.4 Å². The molecule has 1 aromatic heterocycles. The van der Waals surface area contributed by atoms with Crippen molar-refractivity contribution in [2.75, 3.05) is 6.54 Å². The lowest BCUT2D eigenvalue weighted by molar-refractivity contribution is 0.273. The number of hydrogen-bond acceptors (Lipinski definition) is 1. The molecule has 1 heterocycles. The maximum atomic E-state index is 2.60. The molecular formula is C33H34N2. The van der Waals surface area contributed by atoms with E-state index in [4.69, 9.17) is 0 Å². The van der Waals surface area contributed by atoms with Crippen LogP contribution in [0.2, 0.25) is 0 Å². The Labute approximate surface area is 208 Å². The van der Waals surface area contributed by atoms with Crippen LogP contribution in [0.3, 0.4) is 0 Å². The minimum atomic E-state index is 0.519. The van der Waals surface area contributed by atoms with Crippen molar-refractivity contribution in [3.05, 3.63) is 107 Å². The van der Waals surface area contributed by atoms with Crippen molar-refractivity contribution in [3.63, 3.8) is 0 Å². The fourth-order valence-electron chi connectivity index (χ4n) is 6.41. The summed E-state index contributed by atoms with van der Waals surface area (Å²) in [5.74, 6) is 0.519. The van der Waals surface area contributed by atoms with Crippen LogP contribution in [0, 0.1) is 0 Å². The molecule has 1 aliphatic rings. The normalized spacial score (nSPS) is 14.7. The number of aryl methyl sites for hydroxylation is 1. The molecule has 1 atom stereocenters. The van der Waals surface area contributed by atoms with Crippen LogP contribution in [-0.4, -0.2) is 16.0 Å². The monoisotopic (exact) mass is 458 g/mol. The van der Waals surface area contributed by atoms with Crippen LogP contribution >= 0.6 is 0 Å². The molecule has 4 aromatic carbocycles. The molecule has 0 spiro atoms. The molecule has 0 aliphatic heterocycles. The van der Waals surface area contributed by atoms with Gasteiger partial charge in [0.05, 0.1) is 0 Å². The summed E-state index contributed by atoms with van der Waals surface area (Å²) in [5, 5.41) is 2.79. The zero-order valence-corrected chi connectivity index (χ0v) is 21.1. The zero-order chi connectivity index (χ0) is 23.9. The highest BCUT2D eigenvalue weighted by atomic mass is 15.1. The maximum absolute atomic E-state index is 2.60. The second-order valence-electron chi connectivity index (χ2n) is 9.81. The second-order valence-corrected chi connectivity index (χ2v) is 9.81. The standard InChI is InChI=1S/C33H34N2/c1-4-25-26-15-7-8-16-28(26)32-23(13-11-18-27(25)32)21-34(5-2)22-24-14-12-20-31-33(24)29-17-9-10-19-30(29)35(31)6-3/h7-20,25H,4-6,21-22H2,1-3H3. The van der Waals surface area contributed by atoms with Crippen LogP contribution in [0.5, 0.6) is 0 Å². The Bertz CT molecular complexity index is 1520. The molecule has 2 nitrogen and oxygen atoms in total. The third kappa shape index (κ3) is 3.51. The van der Waals surface area contributed by atoms with Crippen molar-refractivity contribution >= 4 is 21.8 Å². The van der Waals surface area contributed by atoms with Crippen LogP contribution in [0.4, 0.5) is 0 Å². The number of rotatable bonds is 7. The topological polar surface area (TPSA) is 8.17 Å². The highest BCUT2D eigenvalue weighted by Gasteiger charge is 2.29. The summed E-state index contributed by atoms with van der Waals surface area (Å²) in [7, 11) is 0. The smallest absolute Gasteiger partial charge is 0.0494 e. The van der Waals surface area contributed by atoms with E-state index in [2.05, 4.69) is 115 Å². The van der Waals surface area contributed by atoms with Crippen molar-refractivity contribution in [1.82, 2.24) is 9.47 Å². The van der Waals surface area contributed by atoms with Gasteiger partial charge in [-0.1, -0.05) is 86.6 Å². The Hall–Kier alpha value is -3.36. The minimum Gasteiger partial charge on any atom is -0.341 e. The van der Waals surface area contributed by atoms with E-state index in [-0.39, 0.29) is 0 Å². The van der Waals surface area contributed by atoms with Crippen molar-refractivity contribution in [1.29, 1.82) is 0 Å². The molecule has 6 rings (SSSR count). The van der Waals surface area contributed by atoms with Crippen LogP contribution in [0.25, 0.3) is 32.9 Å². The lowest BCUT2D eigenvalue weighted by Crippen LogP contribution is -2.23. The molecule has 1 unspecified atom stereocenters. The van der Waals surface area contributed by atoms with Crippen molar-refractivity contribution in [3.8, 4) is 11.1 Å². The number of fused-ring (bicyclic) bond motifs is 6. The Balaban J connectivity index is 1.40. The molecule has 176 valence electrons. The Kier molecular flexibility index (Phi) is 5.70. The van der Waals surface area contributed by atoms with Gasteiger partial charge >= 0.3 is 0 Å². The van der Waals surface area contributed by atoms with Gasteiger partial charge in [0.2, 0.25) is 0 Å². The molecule has 35 heavy (non-hydrogen) atoms. The van der Waals surface area contributed by atoms with Crippen molar-refractivity contribution in [2.24, 2.45) is 0 Å². The van der Waals surface area contributed by atoms with E-state index in [1.54, 1.807) is 0 Å². The lowest BCUT2D eigenvalue weighted by atomic mass is 9.93. The van der Waals surface area contributed by atoms with E-state index in [0.717, 1.165) is 32.6 Å². The number of aromatic nitrogens is 1. The van der Waals surface area contributed by atoms with E-state index >= 15 is 0 Å². The number of nitrogens with zero attached hydrogens (tertiary/aromatic N) is 2. The summed E-state index contributed by atoms with van der Waals surface area (Å²) in [6.07, 6.45) is 1.15. The molecule has 0 saturated heterocycles. The molecule has 0 N–H and O–H groups in total. The van der Waals surface area contributed by atoms with Gasteiger partial charge in [-0.2, -0.15) is 0 Å². The highest BCUT2D eigenvalue weighted by Crippen LogP contribution is 2.48. The molecule has 0 saturated carbocycles. The summed E-state index contributed by atoms with van der Waals surface area (Å²) in [4.78, 5) is 2.60. The summed E-state index contributed by atoms with van der Waals surface area (Å²) >= 11 is 0. The van der Waals surface area contributed by atoms with Crippen molar-refractivity contribution in [2.45, 2.75) is 52.7 Å². The number of benzene rings is 4. The third-order valence-corrected chi connectivity index (χ3v) is 8.01. The predicted octanol–water partition coefficient (Wildman–Crippen LogP) is 8.36. The lowest BCUT2D eigenvalue weighted by Gasteiger charge is -2.23. The SMILES string of the molecule is CCC1c2ccccc2-c2c(CN(CC)Cc3cccc4c3c3ccccc3n4CC)cccc21. The minimum absolute atomic E-state index is 0.519. The maximum Gasteiger partial charge on any atom is 0.0494 e. The predicted molar refractivity (Wildman–Crippen MR) is 149 cm³/mol. The zero-order valence-electron chi connectivity index (χ0n) is 21.1. The van der Waals surface area contributed by atoms with Gasteiger partial charge in [0.1, 0.15) is 0 Å². The Morgan fingerprint density at radius 3 is 2.20 bits per heavy atom. The summed E-state index contributed by atoms with van der Waals surface area (Å²) in [6.45, 7) is 10.8. The molecule has 1 aliphatic carbocycles. The van der Waals surface area contributed by atoms with Gasteiger partial charge in [-0.15, -0.1) is 0 Å². The van der Waals surface area contributed by atoms with Gasteiger partial charge in [-0.05, 0) is 65.4 Å². The first-order valence-corrected chi connectivity index (χ1v) is 13.2. The third-order valence-electron chi connectivity index (χ3n) is 8.01. The van der Waals surface area contributed by atoms with Crippen LogP contribution in [-0.2, 0) is 19.6 Å². The second kappa shape index (κ2) is 9.02. The van der Waals surface area contributed by atoms with E-state index in [0.29, 0.717) is 5.92 Å². The van der Waals surface area contributed by atoms with Gasteiger partial charge in [0.25, 0.3) is 0 Å². The molecule has 0 radical (unpaired) electrons. The first-order chi connectivity index (χ1) is 17.2.